The summed E-state index contributed by atoms with van der Waals surface area (Å²) >= 11 is 0. The highest BCUT2D eigenvalue weighted by Gasteiger charge is 2.27. The first kappa shape index (κ1) is 20.7. The van der Waals surface area contributed by atoms with E-state index in [2.05, 4.69) is 9.98 Å². The number of nitrogens with zero attached hydrogens (tertiary/aromatic N) is 1. The number of hydrogen-bond donors (Lipinski definition) is 7. The van der Waals surface area contributed by atoms with E-state index in [-0.39, 0.29) is 29.1 Å². The van der Waals surface area contributed by atoms with Crippen LogP contribution in [0.2, 0.25) is 0 Å². The summed E-state index contributed by atoms with van der Waals surface area (Å²) in [5, 5.41) is 57.6. The van der Waals surface area contributed by atoms with Gasteiger partial charge in [0.1, 0.15) is 12.4 Å². The number of aliphatic hydroxyl groups excluding tert-OH is 5. The van der Waals surface area contributed by atoms with Gasteiger partial charge in [-0.2, -0.15) is 0 Å². The third-order valence-electron chi connectivity index (χ3n) is 4.29. The molecule has 0 spiro atoms. The zero-order valence-electron chi connectivity index (χ0n) is 14.7. The molecule has 7 N–H and O–H groups in total. The van der Waals surface area contributed by atoms with Crippen LogP contribution in [0.1, 0.15) is 51.5 Å². The summed E-state index contributed by atoms with van der Waals surface area (Å²) in [5.41, 5.74) is 1.73. The van der Waals surface area contributed by atoms with Crippen LogP contribution in [-0.2, 0) is 19.8 Å². The van der Waals surface area contributed by atoms with E-state index in [4.69, 9.17) is 5.11 Å². The lowest BCUT2D eigenvalue weighted by Crippen LogP contribution is -2.07. The highest BCUT2D eigenvalue weighted by Crippen LogP contribution is 2.38. The third kappa shape index (κ3) is 3.92. The first-order valence-electron chi connectivity index (χ1n) is 8.15. The van der Waals surface area contributed by atoms with Crippen molar-refractivity contribution in [2.45, 2.75) is 32.8 Å². The lowest BCUT2D eigenvalue weighted by atomic mass is 9.89. The number of aliphatic imine (C=N–C) groups is 1. The lowest BCUT2D eigenvalue weighted by Gasteiger charge is -2.17. The number of hydrogen-bond acceptors (Lipinski definition) is 7. The van der Waals surface area contributed by atoms with Crippen molar-refractivity contribution in [1.82, 2.24) is 4.98 Å². The molecule has 0 amide bonds. The Bertz CT molecular complexity index is 856. The molecule has 0 aliphatic carbocycles. The van der Waals surface area contributed by atoms with Crippen LogP contribution in [0.5, 0.6) is 0 Å². The number of rotatable bonds is 8. The molecule has 1 heterocycles. The zero-order valence-corrected chi connectivity index (χ0v) is 14.7. The zero-order chi connectivity index (χ0) is 20.1. The van der Waals surface area contributed by atoms with Gasteiger partial charge in [0.15, 0.2) is 0 Å². The van der Waals surface area contributed by atoms with Gasteiger partial charge in [0.05, 0.1) is 31.6 Å². The molecule has 1 atom stereocenters. The number of aromatic amines is 1. The second kappa shape index (κ2) is 8.89. The van der Waals surface area contributed by atoms with Crippen LogP contribution >= 0.6 is 0 Å². The Balaban J connectivity index is 2.92. The van der Waals surface area contributed by atoms with Gasteiger partial charge in [-0.1, -0.05) is 12.1 Å². The quantitative estimate of drug-likeness (QED) is 0.324. The number of nitrogens with one attached hydrogen (secondary N) is 1. The normalized spacial score (nSPS) is 12.7. The fraction of sp³-hybridized carbons (Fsp3) is 0.333. The van der Waals surface area contributed by atoms with Crippen LogP contribution in [-0.4, -0.2) is 54.5 Å². The van der Waals surface area contributed by atoms with Gasteiger partial charge in [-0.05, 0) is 29.2 Å². The smallest absolute Gasteiger partial charge is 0.352 e. The van der Waals surface area contributed by atoms with Crippen molar-refractivity contribution < 1.29 is 35.4 Å². The molecule has 1 aromatic carbocycles. The van der Waals surface area contributed by atoms with Crippen LogP contribution in [0.3, 0.4) is 0 Å². The van der Waals surface area contributed by atoms with Crippen molar-refractivity contribution in [3.05, 3.63) is 45.8 Å². The molecule has 0 saturated heterocycles. The molecule has 0 aliphatic heterocycles. The van der Waals surface area contributed by atoms with Crippen molar-refractivity contribution in [3.8, 4) is 11.1 Å². The summed E-state index contributed by atoms with van der Waals surface area (Å²) in [6.07, 6.45) is 0.0631. The number of benzene rings is 1. The van der Waals surface area contributed by atoms with Gasteiger partial charge in [0, 0.05) is 17.3 Å². The van der Waals surface area contributed by atoms with Crippen molar-refractivity contribution >= 4 is 12.2 Å². The third-order valence-corrected chi connectivity index (χ3v) is 4.29. The fourth-order valence-corrected chi connectivity index (χ4v) is 3.14. The molecule has 2 aromatic rings. The maximum absolute atomic E-state index is 11.6. The Morgan fingerprint density at radius 1 is 1.15 bits per heavy atom. The van der Waals surface area contributed by atoms with Crippen LogP contribution in [0.25, 0.3) is 11.1 Å². The Morgan fingerprint density at radius 2 is 1.81 bits per heavy atom. The fourth-order valence-electron chi connectivity index (χ4n) is 3.14. The number of aromatic carboxylic acids is 1. The van der Waals surface area contributed by atoms with Gasteiger partial charge in [-0.3, -0.25) is 4.99 Å². The minimum absolute atomic E-state index is 0.0808. The van der Waals surface area contributed by atoms with Gasteiger partial charge >= 0.3 is 5.97 Å². The summed E-state index contributed by atoms with van der Waals surface area (Å²) in [6.45, 7) is -0.399. The van der Waals surface area contributed by atoms with Crippen molar-refractivity contribution in [1.29, 1.82) is 0 Å². The molecule has 0 fully saturated rings. The minimum atomic E-state index is -1.30. The molecule has 1 aromatic heterocycles. The number of carboxylic acid groups (broad SMARTS) is 1. The molecule has 9 heteroatoms. The van der Waals surface area contributed by atoms with Crippen LogP contribution < -0.4 is 0 Å². The van der Waals surface area contributed by atoms with E-state index in [1.807, 2.05) is 0 Å². The average molecular weight is 378 g/mol. The molecular weight excluding hydrogens is 356 g/mol. The number of aromatic nitrogens is 1. The van der Waals surface area contributed by atoms with Gasteiger partial charge in [0.2, 0.25) is 0 Å². The van der Waals surface area contributed by atoms with Gasteiger partial charge < -0.3 is 35.6 Å². The van der Waals surface area contributed by atoms with E-state index in [1.165, 1.54) is 13.1 Å². The largest absolute Gasteiger partial charge is 0.477 e. The number of carbonyl (C=O) groups is 1. The monoisotopic (exact) mass is 378 g/mol. The van der Waals surface area contributed by atoms with E-state index in [1.54, 1.807) is 12.1 Å². The van der Waals surface area contributed by atoms with Crippen LogP contribution in [0.15, 0.2) is 17.1 Å². The maximum Gasteiger partial charge on any atom is 0.352 e. The van der Waals surface area contributed by atoms with E-state index in [9.17, 15) is 30.3 Å². The van der Waals surface area contributed by atoms with E-state index in [0.29, 0.717) is 22.3 Å². The predicted octanol–water partition coefficient (Wildman–Crippen LogP) is 0.279. The SMILES string of the molecule is CC(O)c1c(C(=O)O)[nH]c(/C=N/CO)c1-c1ccc(CO)c(CO)c1CO. The highest BCUT2D eigenvalue weighted by molar-refractivity contribution is 5.98. The molecule has 0 radical (unpaired) electrons. The van der Waals surface area contributed by atoms with Crippen LogP contribution in [0.4, 0.5) is 0 Å². The Morgan fingerprint density at radius 3 is 2.30 bits per heavy atom. The summed E-state index contributed by atoms with van der Waals surface area (Å²) in [6, 6.07) is 3.11. The Hall–Kier alpha value is -2.56. The molecule has 0 bridgehead atoms. The lowest BCUT2D eigenvalue weighted by molar-refractivity contribution is 0.0684. The molecule has 1 unspecified atom stereocenters. The molecule has 9 nitrogen and oxygen atoms in total. The van der Waals surface area contributed by atoms with E-state index < -0.39 is 32.0 Å². The Kier molecular flexibility index (Phi) is 6.83. The summed E-state index contributed by atoms with van der Waals surface area (Å²) in [4.78, 5) is 18.0. The minimum Gasteiger partial charge on any atom is -0.477 e. The van der Waals surface area contributed by atoms with Crippen molar-refractivity contribution in [2.75, 3.05) is 6.73 Å². The van der Waals surface area contributed by atoms with Gasteiger partial charge in [0.25, 0.3) is 0 Å². The molecule has 146 valence electrons. The van der Waals surface area contributed by atoms with Gasteiger partial charge in [-0.25, -0.2) is 4.79 Å². The second-order valence-electron chi connectivity index (χ2n) is 5.84. The summed E-state index contributed by atoms with van der Waals surface area (Å²) in [5.74, 6) is -1.30. The topological polar surface area (TPSA) is 167 Å². The average Bonchev–Trinajstić information content (AvgIpc) is 3.04. The summed E-state index contributed by atoms with van der Waals surface area (Å²) < 4.78 is 0. The number of aliphatic hydroxyl groups is 5. The van der Waals surface area contributed by atoms with Crippen LogP contribution in [0, 0.1) is 0 Å². The molecule has 2 rings (SSSR count). The summed E-state index contributed by atoms with van der Waals surface area (Å²) in [7, 11) is 0. The molecule has 0 aliphatic rings. The van der Waals surface area contributed by atoms with E-state index in [0.717, 1.165) is 0 Å². The van der Waals surface area contributed by atoms with Gasteiger partial charge in [-0.15, -0.1) is 0 Å². The maximum atomic E-state index is 11.6. The Labute approximate surface area is 154 Å². The standard InChI is InChI=1S/C18H22N2O7/c1-9(25)15-16(14(4-19-8-24)20-17(15)18(26)27)11-3-2-10(5-21)12(6-22)13(11)7-23/h2-4,9,20-25H,5-8H2,1H3,(H,26,27)/b19-4+. The number of carboxylic acids is 1. The second-order valence-corrected chi connectivity index (χ2v) is 5.84. The van der Waals surface area contributed by atoms with Crippen molar-refractivity contribution in [2.24, 2.45) is 4.99 Å². The van der Waals surface area contributed by atoms with E-state index >= 15 is 0 Å². The highest BCUT2D eigenvalue weighted by atomic mass is 16.4. The molecular formula is C18H22N2O7. The predicted molar refractivity (Wildman–Crippen MR) is 96.3 cm³/mol. The first-order chi connectivity index (χ1) is 12.9. The number of H-pyrrole nitrogens is 1. The molecule has 27 heavy (non-hydrogen) atoms. The first-order valence-corrected chi connectivity index (χ1v) is 8.15. The van der Waals surface area contributed by atoms with Crippen molar-refractivity contribution in [3.63, 3.8) is 0 Å². The molecule has 0 saturated carbocycles.